The molecule has 2 aliphatic rings. The molecule has 0 atom stereocenters. The molecule has 0 aromatic heterocycles. The van der Waals surface area contributed by atoms with Crippen molar-refractivity contribution in [1.82, 2.24) is 16.0 Å². The monoisotopic (exact) mass is 253 g/mol. The first-order valence-electron chi connectivity index (χ1n) is 7.08. The number of nitrogens with one attached hydrogen (secondary N) is 3. The van der Waals surface area contributed by atoms with Gasteiger partial charge in [0.2, 0.25) is 5.91 Å². The van der Waals surface area contributed by atoms with Crippen LogP contribution in [-0.4, -0.2) is 31.1 Å². The van der Waals surface area contributed by atoms with Gasteiger partial charge in [0.25, 0.3) is 0 Å². The Morgan fingerprint density at radius 3 is 2.22 bits per heavy atom. The third kappa shape index (κ3) is 4.55. The smallest absolute Gasteiger partial charge is 0.315 e. The van der Waals surface area contributed by atoms with Gasteiger partial charge >= 0.3 is 6.03 Å². The van der Waals surface area contributed by atoms with Gasteiger partial charge in [-0.2, -0.15) is 0 Å². The summed E-state index contributed by atoms with van der Waals surface area (Å²) in [6.45, 7) is 1.02. The van der Waals surface area contributed by atoms with E-state index in [-0.39, 0.29) is 17.9 Å². The van der Waals surface area contributed by atoms with Crippen molar-refractivity contribution in [3.8, 4) is 0 Å². The van der Waals surface area contributed by atoms with E-state index in [0.29, 0.717) is 19.1 Å². The molecule has 0 aromatic carbocycles. The zero-order valence-electron chi connectivity index (χ0n) is 10.8. The van der Waals surface area contributed by atoms with E-state index in [1.807, 2.05) is 0 Å². The molecule has 0 spiro atoms. The molecule has 0 radical (unpaired) electrons. The first kappa shape index (κ1) is 13.2. The van der Waals surface area contributed by atoms with Crippen molar-refractivity contribution in [3.05, 3.63) is 0 Å². The average Bonchev–Trinajstić information content (AvgIpc) is 3.20. The van der Waals surface area contributed by atoms with Crippen LogP contribution in [0.3, 0.4) is 0 Å². The lowest BCUT2D eigenvalue weighted by molar-refractivity contribution is -0.122. The van der Waals surface area contributed by atoms with Crippen LogP contribution < -0.4 is 16.0 Å². The fourth-order valence-electron chi connectivity index (χ4n) is 2.33. The maximum Gasteiger partial charge on any atom is 0.315 e. The molecule has 0 bridgehead atoms. The Kier molecular flexibility index (Phi) is 4.84. The Bertz CT molecular complexity index is 297. The zero-order valence-corrected chi connectivity index (χ0v) is 10.8. The quantitative estimate of drug-likeness (QED) is 0.643. The molecule has 2 aliphatic carbocycles. The predicted octanol–water partition coefficient (Wildman–Crippen LogP) is 1.14. The summed E-state index contributed by atoms with van der Waals surface area (Å²) in [5.74, 6) is 0.366. The number of rotatable bonds is 5. The summed E-state index contributed by atoms with van der Waals surface area (Å²) in [7, 11) is 0. The van der Waals surface area contributed by atoms with E-state index >= 15 is 0 Å². The maximum atomic E-state index is 11.6. The van der Waals surface area contributed by atoms with E-state index in [4.69, 9.17) is 0 Å². The third-order valence-corrected chi connectivity index (χ3v) is 3.60. The zero-order chi connectivity index (χ0) is 12.8. The summed E-state index contributed by atoms with van der Waals surface area (Å²) in [5.41, 5.74) is 0. The van der Waals surface area contributed by atoms with Crippen molar-refractivity contribution in [2.24, 2.45) is 5.92 Å². The number of urea groups is 1. The van der Waals surface area contributed by atoms with Crippen LogP contribution in [-0.2, 0) is 4.79 Å². The lowest BCUT2D eigenvalue weighted by Gasteiger charge is -2.22. The van der Waals surface area contributed by atoms with Crippen LogP contribution in [0.15, 0.2) is 0 Å². The van der Waals surface area contributed by atoms with Crippen molar-refractivity contribution in [2.75, 3.05) is 13.1 Å². The Morgan fingerprint density at radius 1 is 0.889 bits per heavy atom. The second-order valence-corrected chi connectivity index (χ2v) is 5.30. The van der Waals surface area contributed by atoms with Gasteiger partial charge in [-0.3, -0.25) is 4.79 Å². The first-order valence-corrected chi connectivity index (χ1v) is 7.08. The number of carbonyl (C=O) groups is 2. The molecular weight excluding hydrogens is 230 g/mol. The highest BCUT2D eigenvalue weighted by molar-refractivity contribution is 5.80. The number of amides is 3. The second kappa shape index (κ2) is 6.61. The summed E-state index contributed by atoms with van der Waals surface area (Å²) in [6, 6.07) is 0.224. The van der Waals surface area contributed by atoms with E-state index in [9.17, 15) is 9.59 Å². The first-order chi connectivity index (χ1) is 8.75. The molecule has 0 aromatic rings. The molecule has 18 heavy (non-hydrogen) atoms. The van der Waals surface area contributed by atoms with Gasteiger partial charge < -0.3 is 16.0 Å². The van der Waals surface area contributed by atoms with Crippen LogP contribution in [0.1, 0.15) is 44.9 Å². The molecule has 5 heteroatoms. The van der Waals surface area contributed by atoms with E-state index in [2.05, 4.69) is 16.0 Å². The Hall–Kier alpha value is -1.26. The topological polar surface area (TPSA) is 70.2 Å². The molecule has 0 aliphatic heterocycles. The van der Waals surface area contributed by atoms with Crippen molar-refractivity contribution >= 4 is 11.9 Å². The molecule has 3 N–H and O–H groups in total. The van der Waals surface area contributed by atoms with Crippen molar-refractivity contribution in [2.45, 2.75) is 51.0 Å². The Labute approximate surface area is 108 Å². The van der Waals surface area contributed by atoms with Crippen molar-refractivity contribution < 1.29 is 9.59 Å². The van der Waals surface area contributed by atoms with Gasteiger partial charge in [0.15, 0.2) is 0 Å². The molecule has 2 saturated carbocycles. The molecule has 3 amide bonds. The minimum absolute atomic E-state index is 0.109. The fraction of sp³-hybridized carbons (Fsp3) is 0.846. The molecule has 0 saturated heterocycles. The summed E-state index contributed by atoms with van der Waals surface area (Å²) < 4.78 is 0. The van der Waals surface area contributed by atoms with Crippen LogP contribution in [0.5, 0.6) is 0 Å². The summed E-state index contributed by atoms with van der Waals surface area (Å²) in [5, 5.41) is 8.58. The minimum Gasteiger partial charge on any atom is -0.354 e. The van der Waals surface area contributed by atoms with Gasteiger partial charge in [0.1, 0.15) is 0 Å². The normalized spacial score (nSPS) is 20.2. The molecule has 2 rings (SSSR count). The maximum absolute atomic E-state index is 11.6. The van der Waals surface area contributed by atoms with E-state index < -0.39 is 0 Å². The van der Waals surface area contributed by atoms with Crippen LogP contribution in [0.4, 0.5) is 4.79 Å². The highest BCUT2D eigenvalue weighted by atomic mass is 16.2. The molecule has 0 heterocycles. The van der Waals surface area contributed by atoms with Gasteiger partial charge in [-0.15, -0.1) is 0 Å². The van der Waals surface area contributed by atoms with Gasteiger partial charge in [0, 0.05) is 25.0 Å². The summed E-state index contributed by atoms with van der Waals surface area (Å²) in [4.78, 5) is 22.9. The molecular formula is C13H23N3O2. The van der Waals surface area contributed by atoms with Crippen molar-refractivity contribution in [3.63, 3.8) is 0 Å². The van der Waals surface area contributed by atoms with Gasteiger partial charge in [-0.1, -0.05) is 19.3 Å². The third-order valence-electron chi connectivity index (χ3n) is 3.60. The largest absolute Gasteiger partial charge is 0.354 e. The highest BCUT2D eigenvalue weighted by Crippen LogP contribution is 2.28. The summed E-state index contributed by atoms with van der Waals surface area (Å²) >= 11 is 0. The van der Waals surface area contributed by atoms with Crippen LogP contribution in [0.25, 0.3) is 0 Å². The number of hydrogen-bond acceptors (Lipinski definition) is 2. The molecule has 2 fully saturated rings. The summed E-state index contributed by atoms with van der Waals surface area (Å²) in [6.07, 6.45) is 7.91. The fourth-order valence-corrected chi connectivity index (χ4v) is 2.33. The number of carbonyl (C=O) groups excluding carboxylic acids is 2. The average molecular weight is 253 g/mol. The Balaban J connectivity index is 1.49. The highest BCUT2D eigenvalue weighted by Gasteiger charge is 2.29. The molecule has 5 nitrogen and oxygen atoms in total. The van der Waals surface area contributed by atoms with Gasteiger partial charge in [-0.05, 0) is 25.7 Å². The van der Waals surface area contributed by atoms with E-state index in [1.54, 1.807) is 0 Å². The minimum atomic E-state index is -0.109. The Morgan fingerprint density at radius 2 is 1.56 bits per heavy atom. The van der Waals surface area contributed by atoms with Gasteiger partial charge in [-0.25, -0.2) is 4.79 Å². The second-order valence-electron chi connectivity index (χ2n) is 5.30. The number of hydrogen-bond donors (Lipinski definition) is 3. The lowest BCUT2D eigenvalue weighted by Crippen LogP contribution is -2.45. The lowest BCUT2D eigenvalue weighted by atomic mass is 9.96. The standard InChI is InChI=1S/C13H23N3O2/c17-12(10-6-7-10)14-8-9-15-13(18)16-11-4-2-1-3-5-11/h10-11H,1-9H2,(H,14,17)(H2,15,16,18). The van der Waals surface area contributed by atoms with E-state index in [1.165, 1.54) is 19.3 Å². The van der Waals surface area contributed by atoms with E-state index in [0.717, 1.165) is 25.7 Å². The van der Waals surface area contributed by atoms with Crippen molar-refractivity contribution in [1.29, 1.82) is 0 Å². The van der Waals surface area contributed by atoms with Crippen LogP contribution in [0.2, 0.25) is 0 Å². The SMILES string of the molecule is O=C(NCCNC(=O)C1CC1)NC1CCCCC1. The predicted molar refractivity (Wildman–Crippen MR) is 69.1 cm³/mol. The van der Waals surface area contributed by atoms with Gasteiger partial charge in [0.05, 0.1) is 0 Å². The van der Waals surface area contributed by atoms with Crippen LogP contribution >= 0.6 is 0 Å². The molecule has 102 valence electrons. The van der Waals surface area contributed by atoms with Crippen LogP contribution in [0, 0.1) is 5.92 Å². The molecule has 0 unspecified atom stereocenters.